The Hall–Kier alpha value is -1.63. The van der Waals surface area contributed by atoms with Gasteiger partial charge in [0.25, 0.3) is 0 Å². The Kier molecular flexibility index (Phi) is 4.59. The first-order valence-corrected chi connectivity index (χ1v) is 6.83. The number of hydrogen-bond acceptors (Lipinski definition) is 5. The van der Waals surface area contributed by atoms with Crippen molar-refractivity contribution in [3.63, 3.8) is 0 Å². The summed E-state index contributed by atoms with van der Waals surface area (Å²) in [6.45, 7) is 5.78. The van der Waals surface area contributed by atoms with Gasteiger partial charge in [-0.25, -0.2) is 4.79 Å². The van der Waals surface area contributed by atoms with Gasteiger partial charge in [0, 0.05) is 20.2 Å². The van der Waals surface area contributed by atoms with Crippen molar-refractivity contribution in [2.75, 3.05) is 20.2 Å². The summed E-state index contributed by atoms with van der Waals surface area (Å²) in [7, 11) is 1.49. The lowest BCUT2D eigenvalue weighted by Crippen LogP contribution is -2.44. The van der Waals surface area contributed by atoms with Crippen LogP contribution in [0.2, 0.25) is 0 Å². The molecule has 20 heavy (non-hydrogen) atoms. The molecule has 7 nitrogen and oxygen atoms in total. The number of piperidine rings is 1. The number of aromatic nitrogens is 2. The van der Waals surface area contributed by atoms with E-state index in [1.165, 1.54) is 7.11 Å². The largest absolute Gasteiger partial charge is 0.437 e. The minimum absolute atomic E-state index is 0.0779. The van der Waals surface area contributed by atoms with Gasteiger partial charge in [-0.3, -0.25) is 4.79 Å². The lowest BCUT2D eigenvalue weighted by atomic mass is 9.92. The van der Waals surface area contributed by atoms with Crippen molar-refractivity contribution in [1.29, 1.82) is 0 Å². The number of amides is 1. The van der Waals surface area contributed by atoms with Crippen molar-refractivity contribution in [2.24, 2.45) is 11.8 Å². The normalized spacial score (nSPS) is 23.1. The van der Waals surface area contributed by atoms with E-state index in [0.717, 1.165) is 24.2 Å². The van der Waals surface area contributed by atoms with Gasteiger partial charge >= 0.3 is 5.76 Å². The maximum Gasteiger partial charge on any atom is 0.437 e. The predicted molar refractivity (Wildman–Crippen MR) is 71.0 cm³/mol. The molecule has 2 atom stereocenters. The number of nitrogens with zero attached hydrogens (tertiary/aromatic N) is 3. The fourth-order valence-corrected chi connectivity index (χ4v) is 2.73. The van der Waals surface area contributed by atoms with Crippen LogP contribution in [-0.2, 0) is 22.7 Å². The minimum atomic E-state index is -0.622. The van der Waals surface area contributed by atoms with Crippen LogP contribution in [0.5, 0.6) is 0 Å². The molecule has 1 aromatic rings. The Morgan fingerprint density at radius 1 is 1.40 bits per heavy atom. The van der Waals surface area contributed by atoms with E-state index >= 15 is 0 Å². The van der Waals surface area contributed by atoms with Crippen molar-refractivity contribution in [3.8, 4) is 0 Å². The van der Waals surface area contributed by atoms with Crippen molar-refractivity contribution in [2.45, 2.75) is 33.4 Å². The molecule has 112 valence electrons. The number of methoxy groups -OCH3 is 1. The smallest absolute Gasteiger partial charge is 0.390 e. The maximum atomic E-state index is 12.2. The fourth-order valence-electron chi connectivity index (χ4n) is 2.73. The van der Waals surface area contributed by atoms with Crippen LogP contribution >= 0.6 is 0 Å². The van der Waals surface area contributed by atoms with Crippen molar-refractivity contribution in [3.05, 3.63) is 16.4 Å². The van der Waals surface area contributed by atoms with Crippen LogP contribution in [0.4, 0.5) is 0 Å². The SMILES string of the molecule is COCc1nn(CC(=O)N2C[C@@H](C)C[C@H](C)C2)c(=O)o1. The highest BCUT2D eigenvalue weighted by Gasteiger charge is 2.26. The summed E-state index contributed by atoms with van der Waals surface area (Å²) in [4.78, 5) is 25.6. The summed E-state index contributed by atoms with van der Waals surface area (Å²) < 4.78 is 10.8. The van der Waals surface area contributed by atoms with E-state index in [1.807, 2.05) is 0 Å². The van der Waals surface area contributed by atoms with Gasteiger partial charge < -0.3 is 14.1 Å². The van der Waals surface area contributed by atoms with Crippen molar-refractivity contribution < 1.29 is 13.9 Å². The van der Waals surface area contributed by atoms with E-state index in [4.69, 9.17) is 9.15 Å². The summed E-state index contributed by atoms with van der Waals surface area (Å²) in [6, 6.07) is 0. The topological polar surface area (TPSA) is 77.6 Å². The van der Waals surface area contributed by atoms with Gasteiger partial charge in [-0.1, -0.05) is 13.8 Å². The Balaban J connectivity index is 2.02. The second-order valence-electron chi connectivity index (χ2n) is 5.60. The molecule has 1 fully saturated rings. The zero-order chi connectivity index (χ0) is 14.7. The number of carbonyl (C=O) groups excluding carboxylic acids is 1. The second kappa shape index (κ2) is 6.21. The van der Waals surface area contributed by atoms with Gasteiger partial charge in [-0.05, 0) is 18.3 Å². The Morgan fingerprint density at radius 2 is 2.05 bits per heavy atom. The summed E-state index contributed by atoms with van der Waals surface area (Å²) >= 11 is 0. The molecule has 0 bridgehead atoms. The minimum Gasteiger partial charge on any atom is -0.390 e. The third-order valence-corrected chi connectivity index (χ3v) is 3.42. The Morgan fingerprint density at radius 3 is 2.65 bits per heavy atom. The lowest BCUT2D eigenvalue weighted by molar-refractivity contribution is -0.134. The van der Waals surface area contributed by atoms with E-state index in [-0.39, 0.29) is 24.9 Å². The van der Waals surface area contributed by atoms with Gasteiger partial charge in [-0.15, -0.1) is 5.10 Å². The zero-order valence-corrected chi connectivity index (χ0v) is 12.2. The standard InChI is InChI=1S/C13H21N3O4/c1-9-4-10(2)6-15(5-9)12(17)7-16-13(18)20-11(14-16)8-19-3/h9-10H,4-8H2,1-3H3/t9-,10-/m0/s1. The molecular weight excluding hydrogens is 262 g/mol. The van der Waals surface area contributed by atoms with Crippen LogP contribution in [-0.4, -0.2) is 40.8 Å². The van der Waals surface area contributed by atoms with E-state index < -0.39 is 5.76 Å². The molecule has 1 aliphatic heterocycles. The third-order valence-electron chi connectivity index (χ3n) is 3.42. The van der Waals surface area contributed by atoms with Gasteiger partial charge in [0.05, 0.1) is 0 Å². The summed E-state index contributed by atoms with van der Waals surface area (Å²) in [5.41, 5.74) is 0. The summed E-state index contributed by atoms with van der Waals surface area (Å²) in [6.07, 6.45) is 1.13. The Bertz CT molecular complexity index is 512. The van der Waals surface area contributed by atoms with Gasteiger partial charge in [-0.2, -0.15) is 4.68 Å². The molecule has 0 saturated carbocycles. The number of hydrogen-bond donors (Lipinski definition) is 0. The molecule has 0 aliphatic carbocycles. The van der Waals surface area contributed by atoms with Gasteiger partial charge in [0.1, 0.15) is 13.2 Å². The molecule has 1 saturated heterocycles. The van der Waals surface area contributed by atoms with Crippen LogP contribution in [0.3, 0.4) is 0 Å². The monoisotopic (exact) mass is 283 g/mol. The Labute approximate surface area is 117 Å². The van der Waals surface area contributed by atoms with Gasteiger partial charge in [0.15, 0.2) is 0 Å². The van der Waals surface area contributed by atoms with Crippen molar-refractivity contribution in [1.82, 2.24) is 14.7 Å². The summed E-state index contributed by atoms with van der Waals surface area (Å²) in [5.74, 6) is 0.443. The number of rotatable bonds is 4. The number of ether oxygens (including phenoxy) is 1. The molecule has 1 aromatic heterocycles. The maximum absolute atomic E-state index is 12.2. The molecule has 1 amide bonds. The van der Waals surface area contributed by atoms with Crippen LogP contribution in [0.1, 0.15) is 26.2 Å². The fraction of sp³-hybridized carbons (Fsp3) is 0.769. The molecule has 2 rings (SSSR count). The average molecular weight is 283 g/mol. The average Bonchev–Trinajstić information content (AvgIpc) is 2.69. The van der Waals surface area contributed by atoms with E-state index in [1.54, 1.807) is 4.90 Å². The first-order valence-electron chi connectivity index (χ1n) is 6.83. The third kappa shape index (κ3) is 3.47. The highest BCUT2D eigenvalue weighted by Crippen LogP contribution is 2.20. The molecule has 0 radical (unpaired) electrons. The second-order valence-corrected chi connectivity index (χ2v) is 5.60. The molecule has 1 aliphatic rings. The number of likely N-dealkylation sites (tertiary alicyclic amines) is 1. The zero-order valence-electron chi connectivity index (χ0n) is 12.2. The predicted octanol–water partition coefficient (Wildman–Crippen LogP) is 0.487. The van der Waals surface area contributed by atoms with E-state index in [9.17, 15) is 9.59 Å². The molecule has 0 N–H and O–H groups in total. The first kappa shape index (κ1) is 14.8. The van der Waals surface area contributed by atoms with Crippen LogP contribution < -0.4 is 5.76 Å². The summed E-state index contributed by atoms with van der Waals surface area (Å²) in [5, 5.41) is 3.94. The molecule has 0 aromatic carbocycles. The van der Waals surface area contributed by atoms with Crippen LogP contribution in [0.15, 0.2) is 9.21 Å². The molecule has 0 unspecified atom stereocenters. The lowest BCUT2D eigenvalue weighted by Gasteiger charge is -2.34. The quantitative estimate of drug-likeness (QED) is 0.803. The molecular formula is C13H21N3O4. The molecule has 2 heterocycles. The highest BCUT2D eigenvalue weighted by molar-refractivity contribution is 5.76. The van der Waals surface area contributed by atoms with E-state index in [0.29, 0.717) is 11.8 Å². The van der Waals surface area contributed by atoms with Crippen molar-refractivity contribution >= 4 is 5.91 Å². The van der Waals surface area contributed by atoms with Crippen LogP contribution in [0, 0.1) is 11.8 Å². The van der Waals surface area contributed by atoms with Gasteiger partial charge in [0.2, 0.25) is 11.8 Å². The van der Waals surface area contributed by atoms with Crippen LogP contribution in [0.25, 0.3) is 0 Å². The first-order chi connectivity index (χ1) is 9.49. The molecule has 7 heteroatoms. The highest BCUT2D eigenvalue weighted by atomic mass is 16.5. The van der Waals surface area contributed by atoms with E-state index in [2.05, 4.69) is 18.9 Å². The number of carbonyl (C=O) groups is 1. The molecule has 0 spiro atoms.